The molecule has 0 amide bonds. The number of anilines is 1. The molecule has 176 valence electrons. The minimum absolute atomic E-state index is 0.0860. The maximum atomic E-state index is 12.6. The number of alkyl halides is 3. The second kappa shape index (κ2) is 8.97. The zero-order chi connectivity index (χ0) is 23.0. The Morgan fingerprint density at radius 3 is 2.56 bits per heavy atom. The van der Waals surface area contributed by atoms with Crippen molar-refractivity contribution in [2.24, 2.45) is 22.7 Å². The first-order valence-corrected chi connectivity index (χ1v) is 11.1. The number of rotatable bonds is 7. The molecule has 0 radical (unpaired) electrons. The van der Waals surface area contributed by atoms with E-state index in [9.17, 15) is 13.2 Å². The number of pyridine rings is 1. The smallest absolute Gasteiger partial charge is 0.402 e. The van der Waals surface area contributed by atoms with Crippen molar-refractivity contribution >= 4 is 17.2 Å². The Kier molecular flexibility index (Phi) is 6.44. The number of nitrogens with zero attached hydrogens (tertiary/aromatic N) is 3. The predicted molar refractivity (Wildman–Crippen MR) is 115 cm³/mol. The van der Waals surface area contributed by atoms with Gasteiger partial charge in [0.05, 0.1) is 13.2 Å². The van der Waals surface area contributed by atoms with E-state index >= 15 is 0 Å². The normalized spacial score (nSPS) is 28.6. The molecule has 2 unspecified atom stereocenters. The largest absolute Gasteiger partial charge is 0.573 e. The molecule has 0 spiro atoms. The van der Waals surface area contributed by atoms with Crippen molar-refractivity contribution in [3.8, 4) is 5.75 Å². The van der Waals surface area contributed by atoms with Crippen LogP contribution in [0.15, 0.2) is 17.3 Å². The molecule has 2 heterocycles. The SMILES string of the molecule is CC(C)N=C(CC(=N)c1cnc(N)c(OC(F)(F)F)c1)C1C2CC(N3CCOCC3)CC21. The summed E-state index contributed by atoms with van der Waals surface area (Å²) in [6.45, 7) is 7.55. The van der Waals surface area contributed by atoms with Gasteiger partial charge >= 0.3 is 6.36 Å². The Bertz CT molecular complexity index is 871. The van der Waals surface area contributed by atoms with Crippen LogP contribution in [-0.4, -0.2) is 66.1 Å². The lowest BCUT2D eigenvalue weighted by Crippen LogP contribution is -2.43. The predicted octanol–water partition coefficient (Wildman–Crippen LogP) is 3.53. The lowest BCUT2D eigenvalue weighted by Gasteiger charge is -2.33. The van der Waals surface area contributed by atoms with Crippen molar-refractivity contribution in [1.29, 1.82) is 5.41 Å². The van der Waals surface area contributed by atoms with Gasteiger partial charge in [0.2, 0.25) is 0 Å². The number of nitrogens with one attached hydrogen (secondary N) is 1. The summed E-state index contributed by atoms with van der Waals surface area (Å²) in [5.41, 5.74) is 6.91. The lowest BCUT2D eigenvalue weighted by atomic mass is 9.97. The van der Waals surface area contributed by atoms with Crippen LogP contribution in [-0.2, 0) is 4.74 Å². The first kappa shape index (κ1) is 23.0. The van der Waals surface area contributed by atoms with Crippen molar-refractivity contribution in [2.75, 3.05) is 32.0 Å². The van der Waals surface area contributed by atoms with Gasteiger partial charge in [0.1, 0.15) is 0 Å². The van der Waals surface area contributed by atoms with Crippen LogP contribution in [0, 0.1) is 23.2 Å². The molecule has 0 bridgehead atoms. The van der Waals surface area contributed by atoms with Crippen molar-refractivity contribution in [1.82, 2.24) is 9.88 Å². The van der Waals surface area contributed by atoms with Gasteiger partial charge < -0.3 is 20.6 Å². The molecule has 3 N–H and O–H groups in total. The fourth-order valence-corrected chi connectivity index (χ4v) is 5.24. The Labute approximate surface area is 185 Å². The molecule has 1 aromatic heterocycles. The van der Waals surface area contributed by atoms with E-state index in [-0.39, 0.29) is 29.6 Å². The third-order valence-corrected chi connectivity index (χ3v) is 6.60. The standard InChI is InChI=1S/C22H30F3N5O2/c1-12(2)29-18(20-15-8-14(9-16(15)20)30-3-5-31-6-4-30)10-17(26)13-7-19(21(27)28-11-13)32-22(23,24)25/h7,11-12,14-16,20,26H,3-6,8-10H2,1-2H3,(H2,27,28). The van der Waals surface area contributed by atoms with Crippen molar-refractivity contribution in [3.63, 3.8) is 0 Å². The number of aromatic nitrogens is 1. The van der Waals surface area contributed by atoms with Crippen molar-refractivity contribution < 1.29 is 22.6 Å². The summed E-state index contributed by atoms with van der Waals surface area (Å²) in [6.07, 6.45) is -1.01. The van der Waals surface area contributed by atoms with Gasteiger partial charge in [0.15, 0.2) is 11.6 Å². The summed E-state index contributed by atoms with van der Waals surface area (Å²) in [7, 11) is 0. The van der Waals surface area contributed by atoms with E-state index < -0.39 is 12.1 Å². The molecular weight excluding hydrogens is 423 g/mol. The van der Waals surface area contributed by atoms with Gasteiger partial charge in [-0.1, -0.05) is 0 Å². The number of fused-ring (bicyclic) bond motifs is 1. The number of morpholine rings is 1. The van der Waals surface area contributed by atoms with E-state index in [2.05, 4.69) is 14.6 Å². The quantitative estimate of drug-likeness (QED) is 0.616. The highest BCUT2D eigenvalue weighted by Crippen LogP contribution is 2.59. The summed E-state index contributed by atoms with van der Waals surface area (Å²) >= 11 is 0. The van der Waals surface area contributed by atoms with Crippen LogP contribution in [0.4, 0.5) is 19.0 Å². The average Bonchev–Trinajstić information content (AvgIpc) is 3.21. The number of ether oxygens (including phenoxy) is 2. The zero-order valence-electron chi connectivity index (χ0n) is 18.4. The number of hydrogen-bond donors (Lipinski definition) is 2. The molecule has 32 heavy (non-hydrogen) atoms. The minimum Gasteiger partial charge on any atom is -0.402 e. The van der Waals surface area contributed by atoms with E-state index in [0.29, 0.717) is 23.8 Å². The van der Waals surface area contributed by atoms with E-state index in [4.69, 9.17) is 20.9 Å². The van der Waals surface area contributed by atoms with Crippen LogP contribution in [0.1, 0.15) is 38.7 Å². The van der Waals surface area contributed by atoms with Crippen LogP contribution in [0.3, 0.4) is 0 Å². The summed E-state index contributed by atoms with van der Waals surface area (Å²) in [4.78, 5) is 11.1. The molecule has 10 heteroatoms. The third-order valence-electron chi connectivity index (χ3n) is 6.60. The first-order chi connectivity index (χ1) is 15.1. The highest BCUT2D eigenvalue weighted by molar-refractivity contribution is 6.12. The van der Waals surface area contributed by atoms with Crippen molar-refractivity contribution in [2.45, 2.75) is 51.6 Å². The Balaban J connectivity index is 1.43. The Hall–Kier alpha value is -2.20. The maximum absolute atomic E-state index is 12.6. The molecule has 7 nitrogen and oxygen atoms in total. The molecule has 2 saturated carbocycles. The van der Waals surface area contributed by atoms with Crippen LogP contribution >= 0.6 is 0 Å². The minimum atomic E-state index is -4.87. The van der Waals surface area contributed by atoms with Gasteiger partial charge in [-0.3, -0.25) is 9.89 Å². The van der Waals surface area contributed by atoms with E-state index in [0.717, 1.165) is 50.9 Å². The fourth-order valence-electron chi connectivity index (χ4n) is 5.24. The maximum Gasteiger partial charge on any atom is 0.573 e. The summed E-state index contributed by atoms with van der Waals surface area (Å²) in [5.74, 6) is 0.547. The molecule has 1 aliphatic heterocycles. The van der Waals surface area contributed by atoms with Gasteiger partial charge in [-0.05, 0) is 44.6 Å². The van der Waals surface area contributed by atoms with E-state index in [1.54, 1.807) is 0 Å². The van der Waals surface area contributed by atoms with E-state index in [1.807, 2.05) is 13.8 Å². The van der Waals surface area contributed by atoms with Crippen LogP contribution in [0.5, 0.6) is 5.75 Å². The van der Waals surface area contributed by atoms with Crippen molar-refractivity contribution in [3.05, 3.63) is 17.8 Å². The summed E-state index contributed by atoms with van der Waals surface area (Å²) in [5, 5.41) is 8.51. The number of nitrogen functional groups attached to an aromatic ring is 1. The zero-order valence-corrected chi connectivity index (χ0v) is 18.4. The first-order valence-electron chi connectivity index (χ1n) is 11.1. The van der Waals surface area contributed by atoms with Crippen LogP contribution in [0.2, 0.25) is 0 Å². The number of nitrogens with two attached hydrogens (primary N) is 1. The number of hydrogen-bond acceptors (Lipinski definition) is 7. The van der Waals surface area contributed by atoms with E-state index in [1.165, 1.54) is 6.20 Å². The third kappa shape index (κ3) is 5.23. The second-order valence-corrected chi connectivity index (χ2v) is 9.15. The highest BCUT2D eigenvalue weighted by atomic mass is 19.4. The van der Waals surface area contributed by atoms with Gasteiger partial charge in [-0.15, -0.1) is 13.2 Å². The van der Waals surface area contributed by atoms with Crippen LogP contribution < -0.4 is 10.5 Å². The molecule has 2 aliphatic carbocycles. The fraction of sp³-hybridized carbons (Fsp3) is 0.682. The topological polar surface area (TPSA) is 96.8 Å². The van der Waals surface area contributed by atoms with Crippen LogP contribution in [0.25, 0.3) is 0 Å². The Morgan fingerprint density at radius 2 is 1.97 bits per heavy atom. The molecule has 3 fully saturated rings. The molecule has 4 rings (SSSR count). The number of halogens is 3. The molecule has 1 saturated heterocycles. The monoisotopic (exact) mass is 453 g/mol. The summed E-state index contributed by atoms with van der Waals surface area (Å²) in [6, 6.07) is 1.81. The van der Waals surface area contributed by atoms with Gasteiger partial charge in [0.25, 0.3) is 0 Å². The molecule has 0 aromatic carbocycles. The molecule has 3 aliphatic rings. The lowest BCUT2D eigenvalue weighted by molar-refractivity contribution is -0.274. The second-order valence-electron chi connectivity index (χ2n) is 9.15. The number of aliphatic imine (C=N–C) groups is 1. The van der Waals surface area contributed by atoms with Gasteiger partial charge in [-0.25, -0.2) is 4.98 Å². The molecule has 1 aromatic rings. The molecule has 2 atom stereocenters. The highest BCUT2D eigenvalue weighted by Gasteiger charge is 2.58. The van der Waals surface area contributed by atoms with Gasteiger partial charge in [-0.2, -0.15) is 0 Å². The summed E-state index contributed by atoms with van der Waals surface area (Å²) < 4.78 is 47.3. The average molecular weight is 454 g/mol. The Morgan fingerprint density at radius 1 is 1.31 bits per heavy atom. The molecular formula is C22H30F3N5O2. The van der Waals surface area contributed by atoms with Gasteiger partial charge in [0, 0.05) is 60.7 Å².